The molecule has 1 aliphatic heterocycles. The molecule has 1 fully saturated rings. The molecule has 1 aromatic rings. The van der Waals surface area contributed by atoms with Crippen molar-refractivity contribution < 1.29 is 17.9 Å². The zero-order chi connectivity index (χ0) is 15.5. The Morgan fingerprint density at radius 2 is 2.14 bits per heavy atom. The monoisotopic (exact) mass is 311 g/mol. The molecule has 0 bridgehead atoms. The Hall–Kier alpha value is -1.40. The lowest BCUT2D eigenvalue weighted by atomic mass is 10.0. The molecule has 1 heterocycles. The molecule has 0 saturated carbocycles. The minimum atomic E-state index is -3.56. The number of sulfonamides is 1. The summed E-state index contributed by atoms with van der Waals surface area (Å²) in [7, 11) is -2.28. The van der Waals surface area contributed by atoms with Gasteiger partial charge in [0.1, 0.15) is 0 Å². The molecule has 21 heavy (non-hydrogen) atoms. The second-order valence-corrected chi connectivity index (χ2v) is 7.08. The number of benzene rings is 1. The molecule has 5 nitrogen and oxygen atoms in total. The van der Waals surface area contributed by atoms with Crippen molar-refractivity contribution in [2.45, 2.75) is 43.5 Å². The molecule has 1 aliphatic rings. The highest BCUT2D eigenvalue weighted by Gasteiger charge is 2.32. The lowest BCUT2D eigenvalue weighted by Gasteiger charge is -2.34. The molecular weight excluding hydrogens is 290 g/mol. The largest absolute Gasteiger partial charge is 0.465 e. The highest BCUT2D eigenvalue weighted by molar-refractivity contribution is 7.89. The van der Waals surface area contributed by atoms with Gasteiger partial charge >= 0.3 is 5.97 Å². The maximum absolute atomic E-state index is 12.8. The van der Waals surface area contributed by atoms with E-state index in [-0.39, 0.29) is 16.5 Å². The highest BCUT2D eigenvalue weighted by atomic mass is 32.2. The molecule has 1 atom stereocenters. The summed E-state index contributed by atoms with van der Waals surface area (Å²) >= 11 is 0. The Kier molecular flexibility index (Phi) is 5.00. The number of rotatable bonds is 4. The normalized spacial score (nSPS) is 20.2. The molecule has 0 aliphatic carbocycles. The minimum Gasteiger partial charge on any atom is -0.465 e. The Morgan fingerprint density at radius 3 is 2.81 bits per heavy atom. The van der Waals surface area contributed by atoms with Crippen LogP contribution in [-0.4, -0.2) is 38.4 Å². The van der Waals surface area contributed by atoms with Crippen molar-refractivity contribution in [2.75, 3.05) is 13.7 Å². The van der Waals surface area contributed by atoms with Crippen molar-refractivity contribution in [3.8, 4) is 0 Å². The fraction of sp³-hybridized carbons (Fsp3) is 0.533. The number of hydrogen-bond donors (Lipinski definition) is 0. The molecule has 0 radical (unpaired) electrons. The van der Waals surface area contributed by atoms with Crippen LogP contribution in [0.1, 0.15) is 43.0 Å². The predicted octanol–water partition coefficient (Wildman–Crippen LogP) is 2.43. The van der Waals surface area contributed by atoms with Gasteiger partial charge in [0.25, 0.3) is 0 Å². The quantitative estimate of drug-likeness (QED) is 0.801. The van der Waals surface area contributed by atoms with E-state index in [0.717, 1.165) is 25.7 Å². The van der Waals surface area contributed by atoms with Crippen molar-refractivity contribution in [2.24, 2.45) is 0 Å². The zero-order valence-corrected chi connectivity index (χ0v) is 13.2. The van der Waals surface area contributed by atoms with Crippen LogP contribution in [0.4, 0.5) is 0 Å². The van der Waals surface area contributed by atoms with Gasteiger partial charge < -0.3 is 4.74 Å². The summed E-state index contributed by atoms with van der Waals surface area (Å²) in [5.74, 6) is -0.530. The molecule has 0 aromatic heterocycles. The summed E-state index contributed by atoms with van der Waals surface area (Å²) in [5, 5.41) is 0. The second kappa shape index (κ2) is 6.58. The molecule has 6 heteroatoms. The Balaban J connectivity index is 2.36. The van der Waals surface area contributed by atoms with Crippen molar-refractivity contribution in [3.63, 3.8) is 0 Å². The van der Waals surface area contributed by atoms with Crippen LogP contribution in [0, 0.1) is 0 Å². The molecule has 2 rings (SSSR count). The third-order valence-corrected chi connectivity index (χ3v) is 5.85. The summed E-state index contributed by atoms with van der Waals surface area (Å²) in [6, 6.07) is 6.10. The maximum atomic E-state index is 12.8. The molecule has 1 saturated heterocycles. The van der Waals surface area contributed by atoms with Gasteiger partial charge in [-0.1, -0.05) is 19.4 Å². The second-order valence-electron chi connectivity index (χ2n) is 5.19. The van der Waals surface area contributed by atoms with Gasteiger partial charge in [-0.2, -0.15) is 4.31 Å². The number of nitrogens with zero attached hydrogens (tertiary/aromatic N) is 1. The Labute approximate surface area is 126 Å². The van der Waals surface area contributed by atoms with E-state index in [1.807, 2.05) is 6.92 Å². The molecule has 0 amide bonds. The zero-order valence-electron chi connectivity index (χ0n) is 12.4. The molecule has 116 valence electrons. The van der Waals surface area contributed by atoms with Crippen LogP contribution in [0.3, 0.4) is 0 Å². The fourth-order valence-electron chi connectivity index (χ4n) is 2.74. The van der Waals surface area contributed by atoms with Gasteiger partial charge in [0.15, 0.2) is 0 Å². The smallest absolute Gasteiger partial charge is 0.337 e. The minimum absolute atomic E-state index is 0.0468. The van der Waals surface area contributed by atoms with Crippen molar-refractivity contribution in [1.82, 2.24) is 4.31 Å². The van der Waals surface area contributed by atoms with E-state index in [1.165, 1.54) is 19.2 Å². The highest BCUT2D eigenvalue weighted by Crippen LogP contribution is 2.27. The average Bonchev–Trinajstić information content (AvgIpc) is 2.54. The third-order valence-electron chi connectivity index (χ3n) is 3.91. The van der Waals surface area contributed by atoms with Crippen LogP contribution in [0.25, 0.3) is 0 Å². The first kappa shape index (κ1) is 16.0. The summed E-state index contributed by atoms with van der Waals surface area (Å²) in [4.78, 5) is 11.7. The number of methoxy groups -OCH3 is 1. The van der Waals surface area contributed by atoms with Crippen molar-refractivity contribution >= 4 is 16.0 Å². The van der Waals surface area contributed by atoms with Crippen molar-refractivity contribution in [1.29, 1.82) is 0 Å². The van der Waals surface area contributed by atoms with E-state index in [9.17, 15) is 13.2 Å². The molecule has 0 N–H and O–H groups in total. The number of hydrogen-bond acceptors (Lipinski definition) is 4. The first-order valence-electron chi connectivity index (χ1n) is 7.21. The van der Waals surface area contributed by atoms with Crippen LogP contribution < -0.4 is 0 Å². The van der Waals surface area contributed by atoms with Crippen LogP contribution >= 0.6 is 0 Å². The number of esters is 1. The van der Waals surface area contributed by atoms with Gasteiger partial charge in [0, 0.05) is 12.6 Å². The van der Waals surface area contributed by atoms with Crippen molar-refractivity contribution in [3.05, 3.63) is 29.8 Å². The standard InChI is InChI=1S/C15H21NO4S/c1-3-13-8-4-5-10-16(13)21(18,19)14-9-6-7-12(11-14)15(17)20-2/h6-7,9,11,13H,3-5,8,10H2,1-2H3. The Morgan fingerprint density at radius 1 is 1.38 bits per heavy atom. The topological polar surface area (TPSA) is 63.7 Å². The van der Waals surface area contributed by atoms with E-state index in [1.54, 1.807) is 16.4 Å². The molecular formula is C15H21NO4S. The van der Waals surface area contributed by atoms with Gasteiger partial charge in [-0.25, -0.2) is 13.2 Å². The first-order chi connectivity index (χ1) is 10.0. The lowest BCUT2D eigenvalue weighted by molar-refractivity contribution is 0.0600. The Bertz CT molecular complexity index is 612. The molecule has 1 aromatic carbocycles. The number of carbonyl (C=O) groups is 1. The third kappa shape index (κ3) is 3.27. The van der Waals surface area contributed by atoms with Crippen LogP contribution in [0.15, 0.2) is 29.2 Å². The number of piperidine rings is 1. The summed E-state index contributed by atoms with van der Waals surface area (Å²) < 4.78 is 31.8. The summed E-state index contributed by atoms with van der Waals surface area (Å²) in [6.45, 7) is 2.55. The van der Waals surface area contributed by atoms with E-state index in [2.05, 4.69) is 4.74 Å². The van der Waals surface area contributed by atoms with Gasteiger partial charge in [-0.05, 0) is 37.5 Å². The van der Waals surface area contributed by atoms with E-state index in [4.69, 9.17) is 0 Å². The van der Waals surface area contributed by atoms with Crippen LogP contribution in [-0.2, 0) is 14.8 Å². The summed E-state index contributed by atoms with van der Waals surface area (Å²) in [6.07, 6.45) is 3.64. The average molecular weight is 311 g/mol. The lowest BCUT2D eigenvalue weighted by Crippen LogP contribution is -2.43. The number of carbonyl (C=O) groups excluding carboxylic acids is 1. The van der Waals surface area contributed by atoms with Gasteiger partial charge in [0.05, 0.1) is 17.6 Å². The molecule has 0 spiro atoms. The van der Waals surface area contributed by atoms with E-state index < -0.39 is 16.0 Å². The SMILES string of the molecule is CCC1CCCCN1S(=O)(=O)c1cccc(C(=O)OC)c1. The fourth-order valence-corrected chi connectivity index (χ4v) is 4.55. The first-order valence-corrected chi connectivity index (χ1v) is 8.65. The van der Waals surface area contributed by atoms with E-state index >= 15 is 0 Å². The van der Waals surface area contributed by atoms with Crippen LogP contribution in [0.2, 0.25) is 0 Å². The molecule has 1 unspecified atom stereocenters. The van der Waals surface area contributed by atoms with Gasteiger partial charge in [0.2, 0.25) is 10.0 Å². The van der Waals surface area contributed by atoms with Crippen LogP contribution in [0.5, 0.6) is 0 Å². The van der Waals surface area contributed by atoms with Gasteiger partial charge in [-0.3, -0.25) is 0 Å². The van der Waals surface area contributed by atoms with E-state index in [0.29, 0.717) is 6.54 Å². The predicted molar refractivity (Wildman–Crippen MR) is 79.6 cm³/mol. The summed E-state index contributed by atoms with van der Waals surface area (Å²) in [5.41, 5.74) is 0.253. The van der Waals surface area contributed by atoms with Gasteiger partial charge in [-0.15, -0.1) is 0 Å². The maximum Gasteiger partial charge on any atom is 0.337 e. The number of ether oxygens (including phenoxy) is 1.